The minimum absolute atomic E-state index is 0.289. The minimum atomic E-state index is -4.42. The number of benzene rings is 3. The fraction of sp³-hybridized carbons (Fsp3) is 0.259. The predicted octanol–water partition coefficient (Wildman–Crippen LogP) is 6.79. The van der Waals surface area contributed by atoms with Crippen LogP contribution in [0.25, 0.3) is 11.1 Å². The number of amides is 1. The SMILES string of the molecule is CCCC(=S)N(C(=O)c1ccccc1-c1ccc(C(F)(F)F)cc1)c1ccc2c(c1)CCNC2. The summed E-state index contributed by atoms with van der Waals surface area (Å²) in [6, 6.07) is 17.8. The molecule has 1 heterocycles. The van der Waals surface area contributed by atoms with Gasteiger partial charge in [-0.3, -0.25) is 9.69 Å². The molecule has 0 fully saturated rings. The Hall–Kier alpha value is -3.03. The van der Waals surface area contributed by atoms with E-state index in [-0.39, 0.29) is 5.91 Å². The molecule has 176 valence electrons. The molecule has 34 heavy (non-hydrogen) atoms. The van der Waals surface area contributed by atoms with Gasteiger partial charge in [0.05, 0.1) is 16.2 Å². The Labute approximate surface area is 202 Å². The number of carbonyl (C=O) groups excluding carboxylic acids is 1. The van der Waals surface area contributed by atoms with E-state index in [4.69, 9.17) is 12.2 Å². The van der Waals surface area contributed by atoms with Crippen LogP contribution in [0.4, 0.5) is 18.9 Å². The zero-order valence-electron chi connectivity index (χ0n) is 18.8. The van der Waals surface area contributed by atoms with E-state index in [2.05, 4.69) is 5.32 Å². The minimum Gasteiger partial charge on any atom is -0.312 e. The second-order valence-corrected chi connectivity index (χ2v) is 8.76. The summed E-state index contributed by atoms with van der Waals surface area (Å²) in [4.78, 5) is 16.0. The Morgan fingerprint density at radius 3 is 2.47 bits per heavy atom. The maximum Gasteiger partial charge on any atom is 0.416 e. The number of rotatable bonds is 5. The number of alkyl halides is 3. The van der Waals surface area contributed by atoms with E-state index in [0.717, 1.165) is 38.1 Å². The Bertz CT molecular complexity index is 1210. The lowest BCUT2D eigenvalue weighted by atomic mass is 9.96. The highest BCUT2D eigenvalue weighted by Gasteiger charge is 2.30. The van der Waals surface area contributed by atoms with Crippen LogP contribution in [0.5, 0.6) is 0 Å². The van der Waals surface area contributed by atoms with E-state index in [0.29, 0.717) is 33.8 Å². The van der Waals surface area contributed by atoms with Crippen molar-refractivity contribution in [2.24, 2.45) is 0 Å². The summed E-state index contributed by atoms with van der Waals surface area (Å²) in [6.07, 6.45) is -2.19. The number of nitrogens with one attached hydrogen (secondary N) is 1. The van der Waals surface area contributed by atoms with Crippen LogP contribution in [0.3, 0.4) is 0 Å². The summed E-state index contributed by atoms with van der Waals surface area (Å²) in [5, 5.41) is 3.34. The molecule has 3 nitrogen and oxygen atoms in total. The smallest absolute Gasteiger partial charge is 0.312 e. The highest BCUT2D eigenvalue weighted by Crippen LogP contribution is 2.33. The molecule has 3 aromatic carbocycles. The van der Waals surface area contributed by atoms with E-state index in [1.54, 1.807) is 29.2 Å². The van der Waals surface area contributed by atoms with Crippen molar-refractivity contribution in [1.82, 2.24) is 5.32 Å². The number of fused-ring (bicyclic) bond motifs is 1. The molecule has 0 atom stereocenters. The molecule has 0 spiro atoms. The molecule has 1 aliphatic heterocycles. The third kappa shape index (κ3) is 5.05. The van der Waals surface area contributed by atoms with Crippen molar-refractivity contribution >= 4 is 28.8 Å². The van der Waals surface area contributed by atoms with Crippen LogP contribution in [-0.2, 0) is 19.1 Å². The van der Waals surface area contributed by atoms with E-state index in [1.165, 1.54) is 23.3 Å². The third-order valence-corrected chi connectivity index (χ3v) is 6.32. The van der Waals surface area contributed by atoms with E-state index in [9.17, 15) is 18.0 Å². The summed E-state index contributed by atoms with van der Waals surface area (Å²) >= 11 is 5.67. The molecule has 1 N–H and O–H groups in total. The van der Waals surface area contributed by atoms with Crippen molar-refractivity contribution in [3.05, 3.63) is 89.0 Å². The molecular formula is C27H25F3N2OS. The largest absolute Gasteiger partial charge is 0.416 e. The van der Waals surface area contributed by atoms with Gasteiger partial charge in [-0.25, -0.2) is 0 Å². The number of carbonyl (C=O) groups is 1. The average molecular weight is 483 g/mol. The molecule has 4 rings (SSSR count). The summed E-state index contributed by atoms with van der Waals surface area (Å²) in [7, 11) is 0. The third-order valence-electron chi connectivity index (χ3n) is 5.93. The average Bonchev–Trinajstić information content (AvgIpc) is 2.84. The van der Waals surface area contributed by atoms with Gasteiger partial charge < -0.3 is 5.32 Å². The van der Waals surface area contributed by atoms with Crippen molar-refractivity contribution in [1.29, 1.82) is 0 Å². The van der Waals surface area contributed by atoms with Crippen LogP contribution in [0.1, 0.15) is 46.8 Å². The maximum absolute atomic E-state index is 13.9. The molecule has 0 bridgehead atoms. The lowest BCUT2D eigenvalue weighted by Crippen LogP contribution is -2.36. The number of hydrogen-bond acceptors (Lipinski definition) is 3. The molecule has 0 saturated carbocycles. The van der Waals surface area contributed by atoms with Crippen LogP contribution < -0.4 is 10.2 Å². The Balaban J connectivity index is 1.75. The first-order valence-corrected chi connectivity index (χ1v) is 11.7. The van der Waals surface area contributed by atoms with Gasteiger partial charge in [0, 0.05) is 12.1 Å². The fourth-order valence-corrected chi connectivity index (χ4v) is 4.58. The van der Waals surface area contributed by atoms with Gasteiger partial charge in [0.15, 0.2) is 0 Å². The first-order valence-electron chi connectivity index (χ1n) is 11.3. The van der Waals surface area contributed by atoms with Gasteiger partial charge >= 0.3 is 6.18 Å². The molecule has 0 aromatic heterocycles. The van der Waals surface area contributed by atoms with Crippen molar-refractivity contribution in [2.45, 2.75) is 38.9 Å². The van der Waals surface area contributed by atoms with Gasteiger partial charge in [0.1, 0.15) is 0 Å². The number of anilines is 1. The van der Waals surface area contributed by atoms with Gasteiger partial charge in [-0.15, -0.1) is 0 Å². The highest BCUT2D eigenvalue weighted by atomic mass is 32.1. The molecule has 1 aliphatic rings. The summed E-state index contributed by atoms with van der Waals surface area (Å²) in [5.74, 6) is -0.289. The molecule has 0 unspecified atom stereocenters. The van der Waals surface area contributed by atoms with Crippen LogP contribution in [0.2, 0.25) is 0 Å². The maximum atomic E-state index is 13.9. The lowest BCUT2D eigenvalue weighted by molar-refractivity contribution is -0.137. The van der Waals surface area contributed by atoms with Gasteiger partial charge in [-0.2, -0.15) is 13.2 Å². The quantitative estimate of drug-likeness (QED) is 0.406. The molecule has 0 saturated heterocycles. The topological polar surface area (TPSA) is 32.3 Å². The van der Waals surface area contributed by atoms with Crippen molar-refractivity contribution in [3.8, 4) is 11.1 Å². The van der Waals surface area contributed by atoms with E-state index in [1.807, 2.05) is 25.1 Å². The number of thiocarbonyl (C=S) groups is 1. The summed E-state index contributed by atoms with van der Waals surface area (Å²) in [6.45, 7) is 3.67. The molecule has 0 aliphatic carbocycles. The van der Waals surface area contributed by atoms with Crippen molar-refractivity contribution in [2.75, 3.05) is 11.4 Å². The first kappa shape index (κ1) is 24.1. The second kappa shape index (κ2) is 10.1. The normalized spacial score (nSPS) is 13.3. The zero-order chi connectivity index (χ0) is 24.3. The van der Waals surface area contributed by atoms with E-state index >= 15 is 0 Å². The number of nitrogens with zero attached hydrogens (tertiary/aromatic N) is 1. The standard InChI is InChI=1S/C27H25F3N2OS/c1-2-5-25(34)32(22-13-10-20-17-31-15-14-19(20)16-22)26(33)24-7-4-3-6-23(24)18-8-11-21(12-9-18)27(28,29)30/h3-4,6-13,16,31H,2,5,14-15,17H2,1H3. The van der Waals surface area contributed by atoms with Crippen LogP contribution in [0, 0.1) is 0 Å². The second-order valence-electron chi connectivity index (χ2n) is 8.28. The molecule has 0 radical (unpaired) electrons. The molecule has 1 amide bonds. The Kier molecular flexibility index (Phi) is 7.14. The summed E-state index contributed by atoms with van der Waals surface area (Å²) in [5.41, 5.74) is 3.86. The predicted molar refractivity (Wildman–Crippen MR) is 133 cm³/mol. The van der Waals surface area contributed by atoms with Crippen LogP contribution >= 0.6 is 12.2 Å². The zero-order valence-corrected chi connectivity index (χ0v) is 19.6. The van der Waals surface area contributed by atoms with Crippen LogP contribution in [-0.4, -0.2) is 17.4 Å². The lowest BCUT2D eigenvalue weighted by Gasteiger charge is -2.27. The highest BCUT2D eigenvalue weighted by molar-refractivity contribution is 7.80. The van der Waals surface area contributed by atoms with Gasteiger partial charge in [0.2, 0.25) is 0 Å². The van der Waals surface area contributed by atoms with Gasteiger partial charge in [-0.1, -0.05) is 55.5 Å². The fourth-order valence-electron chi connectivity index (χ4n) is 4.18. The Morgan fingerprint density at radius 2 is 1.76 bits per heavy atom. The molecule has 7 heteroatoms. The van der Waals surface area contributed by atoms with Gasteiger partial charge in [0.25, 0.3) is 5.91 Å². The van der Waals surface area contributed by atoms with Crippen molar-refractivity contribution < 1.29 is 18.0 Å². The monoisotopic (exact) mass is 482 g/mol. The Morgan fingerprint density at radius 1 is 1.03 bits per heavy atom. The molecular weight excluding hydrogens is 457 g/mol. The first-order chi connectivity index (χ1) is 16.3. The molecule has 3 aromatic rings. The summed E-state index contributed by atoms with van der Waals surface area (Å²) < 4.78 is 39.1. The van der Waals surface area contributed by atoms with Gasteiger partial charge in [-0.05, 0) is 78.4 Å². The van der Waals surface area contributed by atoms with Crippen LogP contribution in [0.15, 0.2) is 66.7 Å². The van der Waals surface area contributed by atoms with E-state index < -0.39 is 11.7 Å². The van der Waals surface area contributed by atoms with Crippen molar-refractivity contribution in [3.63, 3.8) is 0 Å². The number of halogens is 3. The number of hydrogen-bond donors (Lipinski definition) is 1.